The van der Waals surface area contributed by atoms with Crippen molar-refractivity contribution in [1.82, 2.24) is 4.90 Å². The molecule has 1 unspecified atom stereocenters. The number of ether oxygens (including phenoxy) is 1. The lowest BCUT2D eigenvalue weighted by atomic mass is 9.98. The molecule has 3 aromatic rings. The van der Waals surface area contributed by atoms with Crippen molar-refractivity contribution in [2.75, 3.05) is 13.7 Å². The second-order valence-electron chi connectivity index (χ2n) is 8.17. The zero-order chi connectivity index (χ0) is 24.5. The molecule has 0 fully saturated rings. The number of carbonyl (C=O) groups excluding carboxylic acids is 1. The number of nitrogens with zero attached hydrogens (tertiary/aromatic N) is 1. The highest BCUT2D eigenvalue weighted by Gasteiger charge is 2.33. The Labute approximate surface area is 194 Å². The van der Waals surface area contributed by atoms with E-state index in [2.05, 4.69) is 0 Å². The fraction of sp³-hybridized carbons (Fsp3) is 0.231. The van der Waals surface area contributed by atoms with Crippen LogP contribution in [-0.4, -0.2) is 41.8 Å². The fourth-order valence-corrected chi connectivity index (χ4v) is 4.31. The normalized spacial score (nSPS) is 13.6. The third-order valence-electron chi connectivity index (χ3n) is 6.06. The van der Waals surface area contributed by atoms with Gasteiger partial charge in [-0.25, -0.2) is 9.59 Å². The van der Waals surface area contributed by atoms with Gasteiger partial charge in [0.15, 0.2) is 0 Å². The van der Waals surface area contributed by atoms with Crippen LogP contribution in [0.2, 0.25) is 0 Å². The summed E-state index contributed by atoms with van der Waals surface area (Å²) in [5.41, 5.74) is 3.41. The molecular weight excluding hydrogens is 447 g/mol. The lowest BCUT2D eigenvalue weighted by molar-refractivity contribution is -0.142. The van der Waals surface area contributed by atoms with Crippen molar-refractivity contribution in [3.63, 3.8) is 0 Å². The van der Waals surface area contributed by atoms with Crippen LogP contribution < -0.4 is 0 Å². The number of rotatable bonds is 6. The summed E-state index contributed by atoms with van der Waals surface area (Å²) < 4.78 is 44.5. The molecule has 0 spiro atoms. The summed E-state index contributed by atoms with van der Waals surface area (Å²) in [6.07, 6.45) is -5.70. The van der Waals surface area contributed by atoms with Crippen LogP contribution in [0.3, 0.4) is 0 Å². The number of amides is 1. The monoisotopic (exact) mass is 469 g/mol. The number of fused-ring (bicyclic) bond motifs is 3. The van der Waals surface area contributed by atoms with Crippen molar-refractivity contribution in [2.45, 2.75) is 24.6 Å². The molecule has 176 valence electrons. The summed E-state index contributed by atoms with van der Waals surface area (Å²) in [4.78, 5) is 25.5. The fourth-order valence-electron chi connectivity index (χ4n) is 4.31. The van der Waals surface area contributed by atoms with Crippen LogP contribution in [-0.2, 0) is 22.1 Å². The van der Waals surface area contributed by atoms with E-state index in [1.807, 2.05) is 48.5 Å². The third kappa shape index (κ3) is 4.62. The van der Waals surface area contributed by atoms with Crippen LogP contribution in [0.15, 0.2) is 72.8 Å². The molecule has 0 heterocycles. The Hall–Kier alpha value is -3.81. The first-order chi connectivity index (χ1) is 16.2. The van der Waals surface area contributed by atoms with Crippen molar-refractivity contribution in [3.8, 4) is 11.1 Å². The Morgan fingerprint density at radius 3 is 2.12 bits per heavy atom. The Kier molecular flexibility index (Phi) is 6.32. The van der Waals surface area contributed by atoms with Crippen LogP contribution in [0, 0.1) is 0 Å². The number of alkyl halides is 3. The number of carbonyl (C=O) groups is 2. The molecule has 1 aliphatic rings. The molecule has 3 aromatic carbocycles. The van der Waals surface area contributed by atoms with Gasteiger partial charge >= 0.3 is 18.2 Å². The van der Waals surface area contributed by atoms with E-state index >= 15 is 0 Å². The van der Waals surface area contributed by atoms with Crippen molar-refractivity contribution in [2.24, 2.45) is 0 Å². The SMILES string of the molecule is CN(C(=O)OCC1c2ccccc2-c2ccccc21)C(Cc1cccc(C(F)(F)F)c1)C(=O)O. The first-order valence-corrected chi connectivity index (χ1v) is 10.6. The predicted molar refractivity (Wildman–Crippen MR) is 119 cm³/mol. The molecule has 0 radical (unpaired) electrons. The molecule has 1 atom stereocenters. The minimum atomic E-state index is -4.55. The summed E-state index contributed by atoms with van der Waals surface area (Å²) in [5.74, 6) is -1.54. The van der Waals surface area contributed by atoms with Gasteiger partial charge in [-0.3, -0.25) is 4.90 Å². The topological polar surface area (TPSA) is 66.8 Å². The molecular formula is C26H22F3NO4. The zero-order valence-corrected chi connectivity index (χ0v) is 18.3. The van der Waals surface area contributed by atoms with Crippen molar-refractivity contribution >= 4 is 12.1 Å². The van der Waals surface area contributed by atoms with E-state index in [9.17, 15) is 27.9 Å². The number of carboxylic acid groups (broad SMARTS) is 1. The molecule has 8 heteroatoms. The Morgan fingerprint density at radius 2 is 1.56 bits per heavy atom. The van der Waals surface area contributed by atoms with E-state index < -0.39 is 29.8 Å². The van der Waals surface area contributed by atoms with Gasteiger partial charge in [0.05, 0.1) is 5.56 Å². The summed E-state index contributed by atoms with van der Waals surface area (Å²) in [6.45, 7) is 0.00704. The highest BCUT2D eigenvalue weighted by atomic mass is 19.4. The summed E-state index contributed by atoms with van der Waals surface area (Å²) in [5, 5.41) is 9.65. The van der Waals surface area contributed by atoms with Gasteiger partial charge in [-0.05, 0) is 33.9 Å². The van der Waals surface area contributed by atoms with E-state index in [4.69, 9.17) is 4.74 Å². The molecule has 1 aliphatic carbocycles. The second-order valence-corrected chi connectivity index (χ2v) is 8.17. The van der Waals surface area contributed by atoms with Crippen LogP contribution in [0.1, 0.15) is 28.2 Å². The van der Waals surface area contributed by atoms with Gasteiger partial charge in [-0.15, -0.1) is 0 Å². The number of hydrogen-bond donors (Lipinski definition) is 1. The van der Waals surface area contributed by atoms with E-state index in [1.165, 1.54) is 19.2 Å². The standard InChI is InChI=1S/C26H22F3NO4/c1-30(23(24(31)32)14-16-7-6-8-17(13-16)26(27,28)29)25(33)34-15-22-20-11-4-2-9-18(20)19-10-3-5-12-21(19)22/h2-13,22-23H,14-15H2,1H3,(H,31,32). The maximum Gasteiger partial charge on any atom is 0.416 e. The number of halogens is 3. The van der Waals surface area contributed by atoms with Crippen molar-refractivity contribution < 1.29 is 32.6 Å². The minimum absolute atomic E-state index is 0.00704. The van der Waals surface area contributed by atoms with Gasteiger partial charge in [0.25, 0.3) is 0 Å². The molecule has 0 saturated carbocycles. The average molecular weight is 469 g/mol. The summed E-state index contributed by atoms with van der Waals surface area (Å²) >= 11 is 0. The van der Waals surface area contributed by atoms with E-state index in [-0.39, 0.29) is 24.5 Å². The maximum absolute atomic E-state index is 13.0. The largest absolute Gasteiger partial charge is 0.480 e. The first kappa shape index (κ1) is 23.4. The lowest BCUT2D eigenvalue weighted by Gasteiger charge is -2.25. The first-order valence-electron chi connectivity index (χ1n) is 10.6. The zero-order valence-electron chi connectivity index (χ0n) is 18.3. The summed E-state index contributed by atoms with van der Waals surface area (Å²) in [6, 6.07) is 18.6. The van der Waals surface area contributed by atoms with Crippen LogP contribution in [0.4, 0.5) is 18.0 Å². The van der Waals surface area contributed by atoms with Gasteiger partial charge in [0.2, 0.25) is 0 Å². The lowest BCUT2D eigenvalue weighted by Crippen LogP contribution is -2.44. The maximum atomic E-state index is 13.0. The van der Waals surface area contributed by atoms with E-state index in [1.54, 1.807) is 0 Å². The Morgan fingerprint density at radius 1 is 0.971 bits per heavy atom. The molecule has 0 aliphatic heterocycles. The molecule has 0 saturated heterocycles. The number of hydrogen-bond acceptors (Lipinski definition) is 3. The number of benzene rings is 3. The quantitative estimate of drug-likeness (QED) is 0.512. The molecule has 4 rings (SSSR count). The molecule has 0 aromatic heterocycles. The summed E-state index contributed by atoms with van der Waals surface area (Å²) in [7, 11) is 1.27. The molecule has 34 heavy (non-hydrogen) atoms. The van der Waals surface area contributed by atoms with Gasteiger partial charge in [-0.1, -0.05) is 66.7 Å². The molecule has 5 nitrogen and oxygen atoms in total. The van der Waals surface area contributed by atoms with E-state index in [0.29, 0.717) is 0 Å². The van der Waals surface area contributed by atoms with Gasteiger partial charge in [0, 0.05) is 19.4 Å². The van der Waals surface area contributed by atoms with E-state index in [0.717, 1.165) is 39.3 Å². The second kappa shape index (κ2) is 9.21. The van der Waals surface area contributed by atoms with Crippen LogP contribution >= 0.6 is 0 Å². The van der Waals surface area contributed by atoms with Crippen molar-refractivity contribution in [1.29, 1.82) is 0 Å². The predicted octanol–water partition coefficient (Wildman–Crippen LogP) is 5.58. The van der Waals surface area contributed by atoms with Crippen molar-refractivity contribution in [3.05, 3.63) is 95.1 Å². The molecule has 0 bridgehead atoms. The van der Waals surface area contributed by atoms with Gasteiger partial charge < -0.3 is 9.84 Å². The third-order valence-corrected chi connectivity index (χ3v) is 6.06. The Bertz CT molecular complexity index is 1180. The number of carboxylic acids is 1. The highest BCUT2D eigenvalue weighted by molar-refractivity contribution is 5.81. The Balaban J connectivity index is 1.48. The average Bonchev–Trinajstić information content (AvgIpc) is 3.14. The minimum Gasteiger partial charge on any atom is -0.480 e. The number of likely N-dealkylation sites (N-methyl/N-ethyl adjacent to an activating group) is 1. The van der Waals surface area contributed by atoms with Gasteiger partial charge in [-0.2, -0.15) is 13.2 Å². The van der Waals surface area contributed by atoms with Crippen LogP contribution in [0.5, 0.6) is 0 Å². The highest BCUT2D eigenvalue weighted by Crippen LogP contribution is 2.44. The molecule has 1 N–H and O–H groups in total. The van der Waals surface area contributed by atoms with Gasteiger partial charge in [0.1, 0.15) is 12.6 Å². The molecule has 1 amide bonds. The smallest absolute Gasteiger partial charge is 0.416 e. The van der Waals surface area contributed by atoms with Crippen LogP contribution in [0.25, 0.3) is 11.1 Å². The number of aliphatic carboxylic acids is 1.